The number of hydrogen-bond donors (Lipinski definition) is 0. The summed E-state index contributed by atoms with van der Waals surface area (Å²) in [5.41, 5.74) is -0.284. The fraction of sp³-hybridized carbons (Fsp3) is 0.368. The van der Waals surface area contributed by atoms with Crippen molar-refractivity contribution in [2.75, 3.05) is 7.11 Å². The van der Waals surface area contributed by atoms with Crippen molar-refractivity contribution in [3.8, 4) is 11.5 Å². The average molecular weight is 300 g/mol. The highest BCUT2D eigenvalue weighted by Crippen LogP contribution is 2.25. The van der Waals surface area contributed by atoms with Crippen molar-refractivity contribution in [2.45, 2.75) is 38.6 Å². The Bertz CT molecular complexity index is 494. The lowest BCUT2D eigenvalue weighted by Crippen LogP contribution is -2.37. The van der Waals surface area contributed by atoms with E-state index in [0.29, 0.717) is 6.42 Å². The first-order valence-corrected chi connectivity index (χ1v) is 7.64. The molecule has 0 amide bonds. The molecule has 0 saturated heterocycles. The molecule has 2 aromatic carbocycles. The van der Waals surface area contributed by atoms with Crippen LogP contribution in [-0.4, -0.2) is 19.0 Å². The third kappa shape index (κ3) is 4.78. The maximum atomic E-state index is 6.02. The second kappa shape index (κ2) is 7.85. The van der Waals surface area contributed by atoms with Crippen LogP contribution in [0.25, 0.3) is 0 Å². The fourth-order valence-corrected chi connectivity index (χ4v) is 2.13. The maximum Gasteiger partial charge on any atom is 0.243 e. The van der Waals surface area contributed by atoms with Crippen molar-refractivity contribution < 1.29 is 14.2 Å². The molecule has 0 saturated carbocycles. The Balaban J connectivity index is 2.13. The van der Waals surface area contributed by atoms with Gasteiger partial charge in [-0.1, -0.05) is 43.3 Å². The zero-order chi connectivity index (χ0) is 15.8. The second-order valence-corrected chi connectivity index (χ2v) is 5.50. The average Bonchev–Trinajstić information content (AvgIpc) is 2.56. The van der Waals surface area contributed by atoms with Crippen LogP contribution in [0.2, 0.25) is 0 Å². The third-order valence-corrected chi connectivity index (χ3v) is 3.86. The summed E-state index contributed by atoms with van der Waals surface area (Å²) < 4.78 is 17.7. The number of rotatable bonds is 8. The molecule has 1 atom stereocenters. The van der Waals surface area contributed by atoms with Crippen molar-refractivity contribution in [3.63, 3.8) is 0 Å². The predicted octanol–water partition coefficient (Wildman–Crippen LogP) is 4.68. The Morgan fingerprint density at radius 2 is 1.32 bits per heavy atom. The van der Waals surface area contributed by atoms with Gasteiger partial charge >= 0.3 is 0 Å². The fourth-order valence-electron chi connectivity index (χ4n) is 2.13. The van der Waals surface area contributed by atoms with Crippen LogP contribution < -0.4 is 9.47 Å². The molecule has 118 valence electrons. The van der Waals surface area contributed by atoms with Gasteiger partial charge in [-0.25, -0.2) is 0 Å². The lowest BCUT2D eigenvalue weighted by Gasteiger charge is -2.31. The number of methoxy groups -OCH3 is 1. The molecule has 2 aromatic rings. The summed E-state index contributed by atoms with van der Waals surface area (Å²) in [6.07, 6.45) is 1.12. The van der Waals surface area contributed by atoms with E-state index < -0.39 is 6.29 Å². The molecular formula is C19H24O3. The molecule has 0 spiro atoms. The van der Waals surface area contributed by atoms with Gasteiger partial charge in [0.2, 0.25) is 6.29 Å². The topological polar surface area (TPSA) is 27.7 Å². The quantitative estimate of drug-likeness (QED) is 0.663. The van der Waals surface area contributed by atoms with Crippen LogP contribution in [0, 0.1) is 0 Å². The second-order valence-electron chi connectivity index (χ2n) is 5.50. The Labute approximate surface area is 132 Å². The highest BCUT2D eigenvalue weighted by Gasteiger charge is 2.28. The standard InChI is InChI=1S/C19H24O3/c1-4-19(2,20-3)15-18(21-16-11-7-5-8-12-16)22-17-13-9-6-10-14-17/h5-14,18H,4,15H2,1-3H3. The van der Waals surface area contributed by atoms with E-state index >= 15 is 0 Å². The van der Waals surface area contributed by atoms with Crippen LogP contribution in [0.5, 0.6) is 11.5 Å². The van der Waals surface area contributed by atoms with Crippen LogP contribution in [-0.2, 0) is 4.74 Å². The van der Waals surface area contributed by atoms with E-state index in [9.17, 15) is 0 Å². The van der Waals surface area contributed by atoms with E-state index in [2.05, 4.69) is 13.8 Å². The van der Waals surface area contributed by atoms with Gasteiger partial charge in [0, 0.05) is 7.11 Å². The van der Waals surface area contributed by atoms with Crippen LogP contribution in [0.15, 0.2) is 60.7 Å². The van der Waals surface area contributed by atoms with E-state index in [1.165, 1.54) is 0 Å². The first kappa shape index (κ1) is 16.4. The number of hydrogen-bond acceptors (Lipinski definition) is 3. The molecule has 0 fully saturated rings. The predicted molar refractivity (Wildman–Crippen MR) is 88.3 cm³/mol. The number of benzene rings is 2. The molecule has 0 heterocycles. The monoisotopic (exact) mass is 300 g/mol. The van der Waals surface area contributed by atoms with E-state index in [1.807, 2.05) is 60.7 Å². The minimum Gasteiger partial charge on any atom is -0.455 e. The third-order valence-electron chi connectivity index (χ3n) is 3.86. The van der Waals surface area contributed by atoms with Crippen molar-refractivity contribution >= 4 is 0 Å². The Hall–Kier alpha value is -2.00. The summed E-state index contributed by atoms with van der Waals surface area (Å²) in [5.74, 6) is 1.58. The largest absolute Gasteiger partial charge is 0.455 e. The van der Waals surface area contributed by atoms with Gasteiger partial charge in [0.25, 0.3) is 0 Å². The highest BCUT2D eigenvalue weighted by molar-refractivity contribution is 5.23. The highest BCUT2D eigenvalue weighted by atomic mass is 16.7. The van der Waals surface area contributed by atoms with Crippen LogP contribution in [0.1, 0.15) is 26.7 Å². The van der Waals surface area contributed by atoms with Gasteiger partial charge in [0.05, 0.1) is 12.0 Å². The first-order chi connectivity index (χ1) is 10.6. The summed E-state index contributed by atoms with van der Waals surface area (Å²) in [4.78, 5) is 0. The van der Waals surface area contributed by atoms with Crippen molar-refractivity contribution in [3.05, 3.63) is 60.7 Å². The normalized spacial score (nSPS) is 13.6. The van der Waals surface area contributed by atoms with Gasteiger partial charge in [-0.05, 0) is 37.6 Å². The summed E-state index contributed by atoms with van der Waals surface area (Å²) in [6, 6.07) is 19.4. The number of ether oxygens (including phenoxy) is 3. The SMILES string of the molecule is CCC(C)(CC(Oc1ccccc1)Oc1ccccc1)OC. The molecule has 0 radical (unpaired) electrons. The van der Waals surface area contributed by atoms with Gasteiger partial charge in [-0.3, -0.25) is 0 Å². The summed E-state index contributed by atoms with van der Waals surface area (Å²) >= 11 is 0. The molecule has 22 heavy (non-hydrogen) atoms. The molecule has 3 nitrogen and oxygen atoms in total. The zero-order valence-electron chi connectivity index (χ0n) is 13.5. The van der Waals surface area contributed by atoms with Gasteiger partial charge in [-0.2, -0.15) is 0 Å². The minimum atomic E-state index is -0.408. The van der Waals surface area contributed by atoms with Gasteiger partial charge in [0.1, 0.15) is 11.5 Å². The lowest BCUT2D eigenvalue weighted by atomic mass is 9.98. The molecule has 0 aliphatic heterocycles. The Morgan fingerprint density at radius 3 is 1.68 bits per heavy atom. The Morgan fingerprint density at radius 1 is 0.864 bits per heavy atom. The molecule has 0 aromatic heterocycles. The molecule has 0 aliphatic rings. The molecule has 1 unspecified atom stereocenters. The van der Waals surface area contributed by atoms with Crippen molar-refractivity contribution in [2.24, 2.45) is 0 Å². The van der Waals surface area contributed by atoms with Gasteiger partial charge < -0.3 is 14.2 Å². The molecule has 0 aliphatic carbocycles. The van der Waals surface area contributed by atoms with Crippen molar-refractivity contribution in [1.29, 1.82) is 0 Å². The molecule has 3 heteroatoms. The van der Waals surface area contributed by atoms with Crippen LogP contribution in [0.3, 0.4) is 0 Å². The summed E-state index contributed by atoms with van der Waals surface area (Å²) in [6.45, 7) is 4.17. The van der Waals surface area contributed by atoms with E-state index in [1.54, 1.807) is 7.11 Å². The summed E-state index contributed by atoms with van der Waals surface area (Å²) in [7, 11) is 1.73. The first-order valence-electron chi connectivity index (χ1n) is 7.64. The minimum absolute atomic E-state index is 0.284. The summed E-state index contributed by atoms with van der Waals surface area (Å²) in [5, 5.41) is 0. The molecule has 2 rings (SSSR count). The van der Waals surface area contributed by atoms with E-state index in [-0.39, 0.29) is 5.60 Å². The van der Waals surface area contributed by atoms with E-state index in [4.69, 9.17) is 14.2 Å². The molecule has 0 bridgehead atoms. The lowest BCUT2D eigenvalue weighted by molar-refractivity contribution is -0.0852. The Kier molecular flexibility index (Phi) is 5.84. The molecular weight excluding hydrogens is 276 g/mol. The van der Waals surface area contributed by atoms with Crippen LogP contribution >= 0.6 is 0 Å². The van der Waals surface area contributed by atoms with Crippen molar-refractivity contribution in [1.82, 2.24) is 0 Å². The van der Waals surface area contributed by atoms with E-state index in [0.717, 1.165) is 17.9 Å². The number of para-hydroxylation sites is 2. The maximum absolute atomic E-state index is 6.02. The molecule has 0 N–H and O–H groups in total. The van der Waals surface area contributed by atoms with Gasteiger partial charge in [-0.15, -0.1) is 0 Å². The smallest absolute Gasteiger partial charge is 0.243 e. The van der Waals surface area contributed by atoms with Gasteiger partial charge in [0.15, 0.2) is 0 Å². The van der Waals surface area contributed by atoms with Crippen LogP contribution in [0.4, 0.5) is 0 Å². The zero-order valence-corrected chi connectivity index (χ0v) is 13.5.